The molecule has 0 amide bonds. The summed E-state index contributed by atoms with van der Waals surface area (Å²) in [6, 6.07) is 0. The number of alkyl halides is 1. The Bertz CT molecular complexity index is 239. The quantitative estimate of drug-likeness (QED) is 0.742. The maximum Gasteiger partial charge on any atom is 0.148 e. The monoisotopic (exact) mass is 174 g/mol. The van der Waals surface area contributed by atoms with E-state index in [1.807, 2.05) is 0 Å². The fourth-order valence-corrected chi connectivity index (χ4v) is 1.51. The molecule has 2 N–H and O–H groups in total. The summed E-state index contributed by atoms with van der Waals surface area (Å²) in [6.45, 7) is 3.37. The molecule has 0 aliphatic heterocycles. The van der Waals surface area contributed by atoms with Crippen molar-refractivity contribution in [3.05, 3.63) is 16.1 Å². The first-order valence-electron chi connectivity index (χ1n) is 3.38. The van der Waals surface area contributed by atoms with Gasteiger partial charge in [-0.2, -0.15) is 0 Å². The van der Waals surface area contributed by atoms with E-state index in [1.165, 1.54) is 25.2 Å². The molecule has 1 aromatic rings. The van der Waals surface area contributed by atoms with Crippen LogP contribution in [-0.2, 0) is 12.2 Å². The van der Waals surface area contributed by atoms with E-state index in [0.717, 1.165) is 5.01 Å². The first-order chi connectivity index (χ1) is 5.04. The third kappa shape index (κ3) is 1.97. The standard InChI is InChI=1S/C7H11FN2S/c1-7(2,8)5-4-11-6(3-9)10-5/h4H,3,9H2,1-2H3. The summed E-state index contributed by atoms with van der Waals surface area (Å²) in [5.74, 6) is 0. The fraction of sp³-hybridized carbons (Fsp3) is 0.571. The van der Waals surface area contributed by atoms with Gasteiger partial charge in [-0.05, 0) is 13.8 Å². The lowest BCUT2D eigenvalue weighted by molar-refractivity contribution is 0.215. The largest absolute Gasteiger partial charge is 0.325 e. The first-order valence-corrected chi connectivity index (χ1v) is 4.26. The fourth-order valence-electron chi connectivity index (χ4n) is 0.678. The van der Waals surface area contributed by atoms with Crippen molar-refractivity contribution in [3.63, 3.8) is 0 Å². The number of rotatable bonds is 2. The Morgan fingerprint density at radius 3 is 2.64 bits per heavy atom. The number of nitrogens with zero attached hydrogens (tertiary/aromatic N) is 1. The lowest BCUT2D eigenvalue weighted by Gasteiger charge is -2.09. The van der Waals surface area contributed by atoms with Crippen molar-refractivity contribution in [3.8, 4) is 0 Å². The molecule has 2 nitrogen and oxygen atoms in total. The summed E-state index contributed by atoms with van der Waals surface area (Å²) in [4.78, 5) is 4.02. The van der Waals surface area contributed by atoms with E-state index in [9.17, 15) is 4.39 Å². The molecule has 11 heavy (non-hydrogen) atoms. The van der Waals surface area contributed by atoms with Crippen LogP contribution in [0.4, 0.5) is 4.39 Å². The summed E-state index contributed by atoms with van der Waals surface area (Å²) in [5.41, 5.74) is 4.46. The highest BCUT2D eigenvalue weighted by molar-refractivity contribution is 7.09. The molecule has 0 aliphatic rings. The topological polar surface area (TPSA) is 38.9 Å². The molecule has 0 aromatic carbocycles. The van der Waals surface area contributed by atoms with Crippen LogP contribution in [0.3, 0.4) is 0 Å². The lowest BCUT2D eigenvalue weighted by Crippen LogP contribution is -2.09. The van der Waals surface area contributed by atoms with Crippen molar-refractivity contribution in [2.24, 2.45) is 5.73 Å². The minimum Gasteiger partial charge on any atom is -0.325 e. The molecule has 0 fully saturated rings. The normalized spacial score (nSPS) is 12.0. The van der Waals surface area contributed by atoms with Crippen LogP contribution in [0, 0.1) is 0 Å². The second-order valence-corrected chi connectivity index (χ2v) is 3.75. The van der Waals surface area contributed by atoms with Crippen molar-refractivity contribution in [2.45, 2.75) is 26.1 Å². The maximum absolute atomic E-state index is 13.2. The Kier molecular flexibility index (Phi) is 2.25. The first kappa shape index (κ1) is 8.62. The Hall–Kier alpha value is -0.480. The van der Waals surface area contributed by atoms with Crippen LogP contribution in [0.1, 0.15) is 24.5 Å². The summed E-state index contributed by atoms with van der Waals surface area (Å²) < 4.78 is 13.2. The third-order valence-electron chi connectivity index (χ3n) is 1.34. The zero-order valence-corrected chi connectivity index (χ0v) is 7.41. The van der Waals surface area contributed by atoms with Gasteiger partial charge in [0.05, 0.1) is 5.69 Å². The number of thiazole rings is 1. The molecule has 0 saturated carbocycles. The van der Waals surface area contributed by atoms with Crippen molar-refractivity contribution in [1.82, 2.24) is 4.98 Å². The van der Waals surface area contributed by atoms with Gasteiger partial charge in [-0.1, -0.05) is 0 Å². The predicted molar refractivity (Wildman–Crippen MR) is 44.1 cm³/mol. The van der Waals surface area contributed by atoms with Crippen LogP contribution in [0.2, 0.25) is 0 Å². The molecule has 4 heteroatoms. The van der Waals surface area contributed by atoms with Crippen molar-refractivity contribution in [1.29, 1.82) is 0 Å². The van der Waals surface area contributed by atoms with Crippen molar-refractivity contribution >= 4 is 11.3 Å². The molecular weight excluding hydrogens is 163 g/mol. The summed E-state index contributed by atoms with van der Waals surface area (Å²) in [7, 11) is 0. The molecule has 0 aliphatic carbocycles. The predicted octanol–water partition coefficient (Wildman–Crippen LogP) is 1.81. The van der Waals surface area contributed by atoms with Gasteiger partial charge in [0.2, 0.25) is 0 Å². The smallest absolute Gasteiger partial charge is 0.148 e. The van der Waals surface area contributed by atoms with Crippen molar-refractivity contribution in [2.75, 3.05) is 0 Å². The minimum absolute atomic E-state index is 0.390. The van der Waals surface area contributed by atoms with Gasteiger partial charge < -0.3 is 5.73 Å². The van der Waals surface area contributed by atoms with Crippen LogP contribution in [0.5, 0.6) is 0 Å². The highest BCUT2D eigenvalue weighted by Crippen LogP contribution is 2.25. The van der Waals surface area contributed by atoms with Gasteiger partial charge in [0.15, 0.2) is 0 Å². The molecule has 0 radical (unpaired) electrons. The molecule has 1 rings (SSSR count). The van der Waals surface area contributed by atoms with Gasteiger partial charge >= 0.3 is 0 Å². The van der Waals surface area contributed by atoms with E-state index in [-0.39, 0.29) is 0 Å². The molecule has 0 bridgehead atoms. The second kappa shape index (κ2) is 2.87. The van der Waals surface area contributed by atoms with Gasteiger partial charge in [-0.3, -0.25) is 0 Å². The molecule has 0 saturated heterocycles. The molecule has 1 aromatic heterocycles. The molecular formula is C7H11FN2S. The highest BCUT2D eigenvalue weighted by atomic mass is 32.1. The minimum atomic E-state index is -1.34. The average Bonchev–Trinajstić information content (AvgIpc) is 2.32. The van der Waals surface area contributed by atoms with Gasteiger partial charge in [0.25, 0.3) is 0 Å². The maximum atomic E-state index is 13.2. The van der Waals surface area contributed by atoms with E-state index in [4.69, 9.17) is 5.73 Å². The molecule has 0 atom stereocenters. The van der Waals surface area contributed by atoms with E-state index in [0.29, 0.717) is 12.2 Å². The number of halogens is 1. The molecule has 0 spiro atoms. The van der Waals surface area contributed by atoms with Crippen LogP contribution < -0.4 is 5.73 Å². The summed E-state index contributed by atoms with van der Waals surface area (Å²) in [6.07, 6.45) is 0. The Labute approximate surface area is 69.3 Å². The van der Waals surface area contributed by atoms with E-state index >= 15 is 0 Å². The Morgan fingerprint density at radius 2 is 2.36 bits per heavy atom. The number of hydrogen-bond acceptors (Lipinski definition) is 3. The van der Waals surface area contributed by atoms with E-state index in [1.54, 1.807) is 5.38 Å². The second-order valence-electron chi connectivity index (χ2n) is 2.80. The number of nitrogens with two attached hydrogens (primary N) is 1. The zero-order valence-electron chi connectivity index (χ0n) is 6.60. The van der Waals surface area contributed by atoms with Gasteiger partial charge in [-0.15, -0.1) is 11.3 Å². The van der Waals surface area contributed by atoms with Crippen LogP contribution >= 0.6 is 11.3 Å². The Morgan fingerprint density at radius 1 is 1.73 bits per heavy atom. The van der Waals surface area contributed by atoms with E-state index < -0.39 is 5.67 Å². The Balaban J connectivity index is 2.89. The average molecular weight is 174 g/mol. The summed E-state index contributed by atoms with van der Waals surface area (Å²) >= 11 is 1.40. The van der Waals surface area contributed by atoms with Crippen LogP contribution in [0.15, 0.2) is 5.38 Å². The van der Waals surface area contributed by atoms with Gasteiger partial charge in [0.1, 0.15) is 10.7 Å². The number of hydrogen-bond donors (Lipinski definition) is 1. The van der Waals surface area contributed by atoms with E-state index in [2.05, 4.69) is 4.98 Å². The van der Waals surface area contributed by atoms with Gasteiger partial charge in [0, 0.05) is 11.9 Å². The van der Waals surface area contributed by atoms with Crippen molar-refractivity contribution < 1.29 is 4.39 Å². The lowest BCUT2D eigenvalue weighted by atomic mass is 10.1. The highest BCUT2D eigenvalue weighted by Gasteiger charge is 2.21. The molecule has 0 unspecified atom stereocenters. The van der Waals surface area contributed by atoms with Crippen LogP contribution in [-0.4, -0.2) is 4.98 Å². The number of aromatic nitrogens is 1. The summed E-state index contributed by atoms with van der Waals surface area (Å²) in [5, 5.41) is 2.49. The zero-order chi connectivity index (χ0) is 8.48. The molecule has 62 valence electrons. The van der Waals surface area contributed by atoms with Gasteiger partial charge in [-0.25, -0.2) is 9.37 Å². The van der Waals surface area contributed by atoms with Crippen LogP contribution in [0.25, 0.3) is 0 Å². The molecule has 1 heterocycles. The third-order valence-corrected chi connectivity index (χ3v) is 2.21. The SMILES string of the molecule is CC(C)(F)c1csc(CN)n1.